The molecule has 1 aliphatic rings. The Morgan fingerprint density at radius 1 is 1.50 bits per heavy atom. The van der Waals surface area contributed by atoms with E-state index in [0.29, 0.717) is 11.5 Å². The van der Waals surface area contributed by atoms with Crippen LogP contribution < -0.4 is 11.1 Å². The van der Waals surface area contributed by atoms with Gasteiger partial charge in [0.25, 0.3) is 0 Å². The molecule has 1 atom stereocenters. The molecule has 0 bridgehead atoms. The standard InChI is InChI=1S/C12H14N2O2/c1-14-10-6-8(9-4-5-13-7-9)2-3-11(10)16-12(14)15/h2-3,6,9,13H,4-5,7H2,1H3. The van der Waals surface area contributed by atoms with E-state index in [0.717, 1.165) is 25.0 Å². The summed E-state index contributed by atoms with van der Waals surface area (Å²) in [4.78, 5) is 11.4. The van der Waals surface area contributed by atoms with Crippen LogP contribution in [0.3, 0.4) is 0 Å². The molecule has 1 unspecified atom stereocenters. The highest BCUT2D eigenvalue weighted by Crippen LogP contribution is 2.25. The minimum Gasteiger partial charge on any atom is -0.408 e. The summed E-state index contributed by atoms with van der Waals surface area (Å²) in [7, 11) is 1.74. The number of nitrogens with zero attached hydrogens (tertiary/aromatic N) is 1. The van der Waals surface area contributed by atoms with Gasteiger partial charge >= 0.3 is 5.76 Å². The fourth-order valence-electron chi connectivity index (χ4n) is 2.34. The fraction of sp³-hybridized carbons (Fsp3) is 0.417. The SMILES string of the molecule is Cn1c(=O)oc2ccc(C3CCNC3)cc21. The molecule has 0 aliphatic carbocycles. The van der Waals surface area contributed by atoms with Crippen molar-refractivity contribution < 1.29 is 4.42 Å². The molecule has 16 heavy (non-hydrogen) atoms. The average Bonchev–Trinajstić information content (AvgIpc) is 2.89. The molecule has 1 saturated heterocycles. The van der Waals surface area contributed by atoms with Gasteiger partial charge in [-0.1, -0.05) is 6.07 Å². The average molecular weight is 218 g/mol. The number of hydrogen-bond acceptors (Lipinski definition) is 3. The minimum atomic E-state index is -0.295. The van der Waals surface area contributed by atoms with Crippen LogP contribution in [0, 0.1) is 0 Å². The van der Waals surface area contributed by atoms with Gasteiger partial charge in [0.15, 0.2) is 5.58 Å². The van der Waals surface area contributed by atoms with Crippen LogP contribution in [0.2, 0.25) is 0 Å². The normalized spacial score (nSPS) is 20.7. The van der Waals surface area contributed by atoms with Gasteiger partial charge in [-0.05, 0) is 36.6 Å². The number of aromatic nitrogens is 1. The highest BCUT2D eigenvalue weighted by atomic mass is 16.4. The number of benzene rings is 1. The summed E-state index contributed by atoms with van der Waals surface area (Å²) >= 11 is 0. The smallest absolute Gasteiger partial charge is 0.408 e. The van der Waals surface area contributed by atoms with Crippen LogP contribution >= 0.6 is 0 Å². The summed E-state index contributed by atoms with van der Waals surface area (Å²) < 4.78 is 6.66. The largest absolute Gasteiger partial charge is 0.419 e. The van der Waals surface area contributed by atoms with Crippen molar-refractivity contribution in [3.63, 3.8) is 0 Å². The topological polar surface area (TPSA) is 47.2 Å². The Bertz CT molecular complexity index is 576. The van der Waals surface area contributed by atoms with Crippen LogP contribution in [0.15, 0.2) is 27.4 Å². The summed E-state index contributed by atoms with van der Waals surface area (Å²) in [6.07, 6.45) is 1.16. The van der Waals surface area contributed by atoms with Crippen LogP contribution in [0.4, 0.5) is 0 Å². The third-order valence-corrected chi connectivity index (χ3v) is 3.35. The highest BCUT2D eigenvalue weighted by Gasteiger charge is 2.17. The fourth-order valence-corrected chi connectivity index (χ4v) is 2.34. The van der Waals surface area contributed by atoms with E-state index in [1.807, 2.05) is 6.07 Å². The second-order valence-electron chi connectivity index (χ2n) is 4.34. The maximum Gasteiger partial charge on any atom is 0.419 e. The lowest BCUT2D eigenvalue weighted by Gasteiger charge is -2.08. The van der Waals surface area contributed by atoms with Gasteiger partial charge in [0, 0.05) is 13.6 Å². The van der Waals surface area contributed by atoms with Crippen molar-refractivity contribution in [1.82, 2.24) is 9.88 Å². The highest BCUT2D eigenvalue weighted by molar-refractivity contribution is 5.73. The summed E-state index contributed by atoms with van der Waals surface area (Å²) in [6.45, 7) is 2.10. The van der Waals surface area contributed by atoms with Gasteiger partial charge in [-0.2, -0.15) is 0 Å². The van der Waals surface area contributed by atoms with E-state index in [-0.39, 0.29) is 5.76 Å². The summed E-state index contributed by atoms with van der Waals surface area (Å²) in [5.41, 5.74) is 2.84. The number of rotatable bonds is 1. The molecule has 2 aromatic rings. The number of fused-ring (bicyclic) bond motifs is 1. The van der Waals surface area contributed by atoms with Crippen molar-refractivity contribution >= 4 is 11.1 Å². The summed E-state index contributed by atoms with van der Waals surface area (Å²) in [6, 6.07) is 6.02. The Morgan fingerprint density at radius 2 is 2.38 bits per heavy atom. The zero-order valence-electron chi connectivity index (χ0n) is 9.19. The van der Waals surface area contributed by atoms with Crippen LogP contribution in [-0.4, -0.2) is 17.7 Å². The van der Waals surface area contributed by atoms with Crippen LogP contribution in [0.1, 0.15) is 17.9 Å². The third-order valence-electron chi connectivity index (χ3n) is 3.35. The zero-order chi connectivity index (χ0) is 11.1. The molecule has 3 rings (SSSR count). The first kappa shape index (κ1) is 9.66. The van der Waals surface area contributed by atoms with E-state index >= 15 is 0 Å². The van der Waals surface area contributed by atoms with E-state index in [9.17, 15) is 4.79 Å². The molecular weight excluding hydrogens is 204 g/mol. The molecule has 1 aromatic heterocycles. The molecular formula is C12H14N2O2. The van der Waals surface area contributed by atoms with Crippen molar-refractivity contribution in [3.8, 4) is 0 Å². The van der Waals surface area contributed by atoms with Crippen molar-refractivity contribution in [2.75, 3.05) is 13.1 Å². The quantitative estimate of drug-likeness (QED) is 0.782. The Labute approximate surface area is 92.9 Å². The molecule has 1 aliphatic heterocycles. The number of hydrogen-bond donors (Lipinski definition) is 1. The second-order valence-corrected chi connectivity index (χ2v) is 4.34. The number of nitrogens with one attached hydrogen (secondary N) is 1. The molecule has 1 fully saturated rings. The van der Waals surface area contributed by atoms with Gasteiger partial charge in [0.2, 0.25) is 0 Å². The molecule has 1 aromatic carbocycles. The van der Waals surface area contributed by atoms with Gasteiger partial charge in [-0.15, -0.1) is 0 Å². The summed E-state index contributed by atoms with van der Waals surface area (Å²) in [5, 5.41) is 3.35. The van der Waals surface area contributed by atoms with E-state index in [1.54, 1.807) is 11.6 Å². The molecule has 2 heterocycles. The molecule has 1 N–H and O–H groups in total. The lowest BCUT2D eigenvalue weighted by Crippen LogP contribution is -2.09. The predicted molar refractivity (Wildman–Crippen MR) is 61.7 cm³/mol. The van der Waals surface area contributed by atoms with Gasteiger partial charge in [-0.3, -0.25) is 4.57 Å². The molecule has 0 saturated carbocycles. The molecule has 0 spiro atoms. The molecule has 0 amide bonds. The lowest BCUT2D eigenvalue weighted by atomic mass is 9.98. The second kappa shape index (κ2) is 3.49. The van der Waals surface area contributed by atoms with E-state index in [4.69, 9.17) is 4.42 Å². The van der Waals surface area contributed by atoms with Gasteiger partial charge in [-0.25, -0.2) is 4.79 Å². The van der Waals surface area contributed by atoms with Crippen molar-refractivity contribution in [2.24, 2.45) is 7.05 Å². The first-order chi connectivity index (χ1) is 7.75. The van der Waals surface area contributed by atoms with E-state index < -0.39 is 0 Å². The Kier molecular flexibility index (Phi) is 2.11. The molecule has 84 valence electrons. The lowest BCUT2D eigenvalue weighted by molar-refractivity contribution is 0.528. The predicted octanol–water partition coefficient (Wildman–Crippen LogP) is 1.21. The minimum absolute atomic E-state index is 0.295. The van der Waals surface area contributed by atoms with E-state index in [2.05, 4.69) is 17.4 Å². The van der Waals surface area contributed by atoms with Crippen LogP contribution in [-0.2, 0) is 7.05 Å². The molecule has 4 nitrogen and oxygen atoms in total. The Morgan fingerprint density at radius 3 is 3.12 bits per heavy atom. The van der Waals surface area contributed by atoms with Gasteiger partial charge in [0.05, 0.1) is 5.52 Å². The van der Waals surface area contributed by atoms with E-state index in [1.165, 1.54) is 5.56 Å². The third kappa shape index (κ3) is 1.38. The monoisotopic (exact) mass is 218 g/mol. The molecule has 4 heteroatoms. The van der Waals surface area contributed by atoms with Crippen molar-refractivity contribution in [2.45, 2.75) is 12.3 Å². The summed E-state index contributed by atoms with van der Waals surface area (Å²) in [5.74, 6) is 0.270. The molecule has 0 radical (unpaired) electrons. The van der Waals surface area contributed by atoms with Crippen molar-refractivity contribution in [3.05, 3.63) is 34.3 Å². The Balaban J connectivity index is 2.14. The zero-order valence-corrected chi connectivity index (χ0v) is 9.19. The van der Waals surface area contributed by atoms with Crippen molar-refractivity contribution in [1.29, 1.82) is 0 Å². The first-order valence-electron chi connectivity index (χ1n) is 5.56. The van der Waals surface area contributed by atoms with Gasteiger partial charge in [0.1, 0.15) is 0 Å². The Hall–Kier alpha value is -1.55. The van der Waals surface area contributed by atoms with Crippen LogP contribution in [0.25, 0.3) is 11.1 Å². The first-order valence-corrected chi connectivity index (χ1v) is 5.56. The maximum absolute atomic E-state index is 11.4. The number of aryl methyl sites for hydroxylation is 1. The van der Waals surface area contributed by atoms with Crippen LogP contribution in [0.5, 0.6) is 0 Å². The maximum atomic E-state index is 11.4. The van der Waals surface area contributed by atoms with Gasteiger partial charge < -0.3 is 9.73 Å². The number of oxazole rings is 1.